The fourth-order valence-electron chi connectivity index (χ4n) is 3.74. The van der Waals surface area contributed by atoms with Gasteiger partial charge in [0.05, 0.1) is 22.4 Å². The van der Waals surface area contributed by atoms with Crippen molar-refractivity contribution in [3.8, 4) is 0 Å². The number of imide groups is 1. The zero-order chi connectivity index (χ0) is 20.4. The highest BCUT2D eigenvalue weighted by Gasteiger charge is 2.35. The van der Waals surface area contributed by atoms with Crippen molar-refractivity contribution in [2.75, 3.05) is 25.0 Å². The Kier molecular flexibility index (Phi) is 5.12. The minimum absolute atomic E-state index is 0.0135. The number of hydrogen-bond acceptors (Lipinski definition) is 4. The van der Waals surface area contributed by atoms with Gasteiger partial charge in [-0.05, 0) is 37.1 Å². The summed E-state index contributed by atoms with van der Waals surface area (Å²) in [5, 5.41) is 2.75. The summed E-state index contributed by atoms with van der Waals surface area (Å²) in [6.45, 7) is 1.43. The lowest BCUT2D eigenvalue weighted by atomic mass is 10.1. The molecule has 0 bridgehead atoms. The molecule has 4 rings (SSSR count). The first-order valence-corrected chi connectivity index (χ1v) is 9.69. The Bertz CT molecular complexity index is 960. The third kappa shape index (κ3) is 3.63. The molecule has 0 spiro atoms. The van der Waals surface area contributed by atoms with Crippen molar-refractivity contribution < 1.29 is 19.2 Å². The molecule has 2 aliphatic rings. The Morgan fingerprint density at radius 2 is 1.45 bits per heavy atom. The maximum Gasteiger partial charge on any atom is 0.261 e. The first-order valence-electron chi connectivity index (χ1n) is 9.69. The van der Waals surface area contributed by atoms with Gasteiger partial charge in [-0.25, -0.2) is 0 Å². The van der Waals surface area contributed by atoms with E-state index in [4.69, 9.17) is 0 Å². The van der Waals surface area contributed by atoms with E-state index in [1.807, 2.05) is 0 Å². The molecule has 0 unspecified atom stereocenters. The van der Waals surface area contributed by atoms with Crippen LogP contribution in [0.1, 0.15) is 50.3 Å². The van der Waals surface area contributed by atoms with Crippen molar-refractivity contribution in [2.45, 2.75) is 19.3 Å². The number of rotatable bonds is 5. The molecule has 0 radical (unpaired) electrons. The third-order valence-electron chi connectivity index (χ3n) is 5.27. The number of likely N-dealkylation sites (tertiary alicyclic amines) is 1. The van der Waals surface area contributed by atoms with Crippen LogP contribution in [0.25, 0.3) is 0 Å². The molecule has 2 heterocycles. The molecule has 0 aliphatic carbocycles. The van der Waals surface area contributed by atoms with Crippen LogP contribution in [0.4, 0.5) is 5.69 Å². The zero-order valence-corrected chi connectivity index (χ0v) is 15.9. The highest BCUT2D eigenvalue weighted by Crippen LogP contribution is 2.23. The standard InChI is InChI=1S/C22H21N3O4/c26-19(11-14-25-21(28)15-7-1-2-8-16(15)22(25)29)23-18-10-4-3-9-17(18)20(27)24-12-5-6-13-24/h1-4,7-10H,5-6,11-14H2,(H,23,26). The van der Waals surface area contributed by atoms with Crippen molar-refractivity contribution in [3.63, 3.8) is 0 Å². The number of hydrogen-bond donors (Lipinski definition) is 1. The molecule has 0 aromatic heterocycles. The minimum atomic E-state index is -0.386. The fraction of sp³-hybridized carbons (Fsp3) is 0.273. The summed E-state index contributed by atoms with van der Waals surface area (Å²) in [6, 6.07) is 13.5. The molecule has 2 aromatic carbocycles. The second kappa shape index (κ2) is 7.87. The first-order chi connectivity index (χ1) is 14.1. The summed E-state index contributed by atoms with van der Waals surface area (Å²) in [4.78, 5) is 52.8. The van der Waals surface area contributed by atoms with Crippen LogP contribution in [-0.4, -0.2) is 53.1 Å². The van der Waals surface area contributed by atoms with E-state index in [0.717, 1.165) is 30.8 Å². The van der Waals surface area contributed by atoms with Gasteiger partial charge >= 0.3 is 0 Å². The molecule has 4 amide bonds. The minimum Gasteiger partial charge on any atom is -0.339 e. The number of amides is 4. The number of nitrogens with zero attached hydrogens (tertiary/aromatic N) is 2. The fourth-order valence-corrected chi connectivity index (χ4v) is 3.74. The number of carbonyl (C=O) groups excluding carboxylic acids is 4. The monoisotopic (exact) mass is 391 g/mol. The summed E-state index contributed by atoms with van der Waals surface area (Å²) < 4.78 is 0. The van der Waals surface area contributed by atoms with E-state index in [2.05, 4.69) is 5.32 Å². The number of carbonyl (C=O) groups is 4. The lowest BCUT2D eigenvalue weighted by molar-refractivity contribution is -0.116. The SMILES string of the molecule is O=C(CCN1C(=O)c2ccccc2C1=O)Nc1ccccc1C(=O)N1CCCC1. The highest BCUT2D eigenvalue weighted by atomic mass is 16.2. The van der Waals surface area contributed by atoms with E-state index in [1.165, 1.54) is 0 Å². The molecular weight excluding hydrogens is 370 g/mol. The van der Waals surface area contributed by atoms with Crippen molar-refractivity contribution >= 4 is 29.3 Å². The normalized spacial score (nSPS) is 15.6. The number of benzene rings is 2. The van der Waals surface area contributed by atoms with Gasteiger partial charge in [0, 0.05) is 26.1 Å². The number of nitrogens with one attached hydrogen (secondary N) is 1. The smallest absolute Gasteiger partial charge is 0.261 e. The lowest BCUT2D eigenvalue weighted by Gasteiger charge is -2.18. The van der Waals surface area contributed by atoms with Gasteiger partial charge in [0.25, 0.3) is 17.7 Å². The molecule has 2 aromatic rings. The second-order valence-electron chi connectivity index (χ2n) is 7.15. The maximum atomic E-state index is 12.7. The zero-order valence-electron chi connectivity index (χ0n) is 15.9. The van der Waals surface area contributed by atoms with Crippen LogP contribution in [0.2, 0.25) is 0 Å². The summed E-state index contributed by atoms with van der Waals surface area (Å²) >= 11 is 0. The molecule has 0 saturated carbocycles. The van der Waals surface area contributed by atoms with Gasteiger partial charge in [-0.2, -0.15) is 0 Å². The van der Waals surface area contributed by atoms with Crippen LogP contribution < -0.4 is 5.32 Å². The molecular formula is C22H21N3O4. The van der Waals surface area contributed by atoms with E-state index >= 15 is 0 Å². The van der Waals surface area contributed by atoms with Crippen LogP contribution in [0.5, 0.6) is 0 Å². The Morgan fingerprint density at radius 1 is 0.862 bits per heavy atom. The van der Waals surface area contributed by atoms with Gasteiger partial charge in [-0.3, -0.25) is 24.1 Å². The van der Waals surface area contributed by atoms with E-state index < -0.39 is 0 Å². The predicted molar refractivity (Wildman–Crippen MR) is 107 cm³/mol. The van der Waals surface area contributed by atoms with Crippen LogP contribution in [-0.2, 0) is 4.79 Å². The number of fused-ring (bicyclic) bond motifs is 1. The van der Waals surface area contributed by atoms with Gasteiger partial charge in [-0.1, -0.05) is 24.3 Å². The first kappa shape index (κ1) is 18.9. The Labute approximate surface area is 168 Å². The molecule has 1 fully saturated rings. The van der Waals surface area contributed by atoms with E-state index in [1.54, 1.807) is 53.4 Å². The molecule has 148 valence electrons. The molecule has 2 aliphatic heterocycles. The highest BCUT2D eigenvalue weighted by molar-refractivity contribution is 6.21. The molecule has 7 heteroatoms. The maximum absolute atomic E-state index is 12.7. The van der Waals surface area contributed by atoms with Crippen molar-refractivity contribution in [1.82, 2.24) is 9.80 Å². The van der Waals surface area contributed by atoms with Gasteiger partial charge in [0.15, 0.2) is 0 Å². The third-order valence-corrected chi connectivity index (χ3v) is 5.27. The second-order valence-corrected chi connectivity index (χ2v) is 7.15. The predicted octanol–water partition coefficient (Wildman–Crippen LogP) is 2.55. The number of para-hydroxylation sites is 1. The lowest BCUT2D eigenvalue weighted by Crippen LogP contribution is -2.33. The molecule has 29 heavy (non-hydrogen) atoms. The topological polar surface area (TPSA) is 86.8 Å². The van der Waals surface area contributed by atoms with Crippen molar-refractivity contribution in [1.29, 1.82) is 0 Å². The van der Waals surface area contributed by atoms with Crippen LogP contribution in [0.3, 0.4) is 0 Å². The average molecular weight is 391 g/mol. The Hall–Kier alpha value is -3.48. The van der Waals surface area contributed by atoms with Crippen molar-refractivity contribution in [2.24, 2.45) is 0 Å². The van der Waals surface area contributed by atoms with Gasteiger partial charge in [0.2, 0.25) is 5.91 Å². The van der Waals surface area contributed by atoms with Crippen LogP contribution >= 0.6 is 0 Å². The largest absolute Gasteiger partial charge is 0.339 e. The van der Waals surface area contributed by atoms with Gasteiger partial charge < -0.3 is 10.2 Å². The summed E-state index contributed by atoms with van der Waals surface area (Å²) in [5.74, 6) is -1.23. The summed E-state index contributed by atoms with van der Waals surface area (Å²) in [5.41, 5.74) is 1.61. The molecule has 0 atom stereocenters. The Morgan fingerprint density at radius 3 is 2.10 bits per heavy atom. The average Bonchev–Trinajstić information content (AvgIpc) is 3.35. The number of anilines is 1. The summed E-state index contributed by atoms with van der Waals surface area (Å²) in [6.07, 6.45) is 1.93. The van der Waals surface area contributed by atoms with Gasteiger partial charge in [-0.15, -0.1) is 0 Å². The Balaban J connectivity index is 1.41. The van der Waals surface area contributed by atoms with E-state index in [-0.39, 0.29) is 36.6 Å². The van der Waals surface area contributed by atoms with Gasteiger partial charge in [0.1, 0.15) is 0 Å². The van der Waals surface area contributed by atoms with Crippen molar-refractivity contribution in [3.05, 3.63) is 65.2 Å². The van der Waals surface area contributed by atoms with Crippen LogP contribution in [0, 0.1) is 0 Å². The molecule has 7 nitrogen and oxygen atoms in total. The molecule has 1 N–H and O–H groups in total. The molecule has 1 saturated heterocycles. The summed E-state index contributed by atoms with van der Waals surface area (Å²) in [7, 11) is 0. The van der Waals surface area contributed by atoms with Crippen LogP contribution in [0.15, 0.2) is 48.5 Å². The van der Waals surface area contributed by atoms with E-state index in [0.29, 0.717) is 22.4 Å². The van der Waals surface area contributed by atoms with E-state index in [9.17, 15) is 19.2 Å². The quantitative estimate of drug-likeness (QED) is 0.794.